The summed E-state index contributed by atoms with van der Waals surface area (Å²) in [4.78, 5) is 20.7. The number of hydrogen-bond acceptors (Lipinski definition) is 4. The van der Waals surface area contributed by atoms with Gasteiger partial charge >= 0.3 is 0 Å². The van der Waals surface area contributed by atoms with Crippen molar-refractivity contribution in [2.24, 2.45) is 0 Å². The van der Waals surface area contributed by atoms with Crippen molar-refractivity contribution in [1.29, 1.82) is 0 Å². The minimum absolute atomic E-state index is 0.741. The minimum atomic E-state index is 0.741. The van der Waals surface area contributed by atoms with Crippen LogP contribution in [0.1, 0.15) is 0 Å². The highest BCUT2D eigenvalue weighted by atomic mass is 14.9. The van der Waals surface area contributed by atoms with Crippen LogP contribution >= 0.6 is 0 Å². The Kier molecular flexibility index (Phi) is 5.41. The summed E-state index contributed by atoms with van der Waals surface area (Å²) >= 11 is 0. The lowest BCUT2D eigenvalue weighted by atomic mass is 10.0. The minimum Gasteiger partial charge on any atom is -0.244 e. The highest BCUT2D eigenvalue weighted by Crippen LogP contribution is 2.35. The highest BCUT2D eigenvalue weighted by molar-refractivity contribution is 6.03. The zero-order valence-electron chi connectivity index (χ0n) is 20.5. The molecule has 4 nitrogen and oxygen atoms in total. The molecule has 0 bridgehead atoms. The van der Waals surface area contributed by atoms with Crippen LogP contribution in [0.5, 0.6) is 0 Å². The molecule has 0 aliphatic rings. The standard InChI is InChI=1S/C34H22N4/c1-5-13-23(14-6-1)29-31(25-17-9-3-10-18-25)37-33-27(35-29)21-22-28-34(33)38-32(26-19-11-4-12-20-26)30(36-28)24-15-7-2-8-16-24/h1-22H. The van der Waals surface area contributed by atoms with Gasteiger partial charge in [0.25, 0.3) is 0 Å². The van der Waals surface area contributed by atoms with Crippen molar-refractivity contribution >= 4 is 22.1 Å². The Bertz CT molecular complexity index is 1740. The quantitative estimate of drug-likeness (QED) is 0.235. The van der Waals surface area contributed by atoms with Gasteiger partial charge in [-0.3, -0.25) is 0 Å². The van der Waals surface area contributed by atoms with E-state index in [0.29, 0.717) is 0 Å². The summed E-state index contributed by atoms with van der Waals surface area (Å²) in [6.45, 7) is 0. The molecule has 0 amide bonds. The normalized spacial score (nSPS) is 11.2. The topological polar surface area (TPSA) is 51.6 Å². The van der Waals surface area contributed by atoms with E-state index in [-0.39, 0.29) is 0 Å². The second kappa shape index (κ2) is 9.34. The molecule has 0 aliphatic carbocycles. The van der Waals surface area contributed by atoms with E-state index in [1.165, 1.54) is 0 Å². The highest BCUT2D eigenvalue weighted by Gasteiger charge is 2.18. The SMILES string of the molecule is c1ccc(-c2nc3ccc4nc(-c5ccccc5)c(-c5ccccc5)nc4c3nc2-c2ccccc2)cc1. The Morgan fingerprint density at radius 3 is 0.816 bits per heavy atom. The Hall–Kier alpha value is -5.22. The number of nitrogens with zero attached hydrogens (tertiary/aromatic N) is 4. The first-order chi connectivity index (χ1) is 18.8. The molecule has 7 aromatic rings. The Morgan fingerprint density at radius 1 is 0.263 bits per heavy atom. The van der Waals surface area contributed by atoms with E-state index in [1.807, 2.05) is 84.9 Å². The first kappa shape index (κ1) is 22.0. The molecule has 0 aliphatic heterocycles. The number of aromatic nitrogens is 4. The summed E-state index contributed by atoms with van der Waals surface area (Å²) in [5.74, 6) is 0. The van der Waals surface area contributed by atoms with Crippen LogP contribution in [0, 0.1) is 0 Å². The van der Waals surface area contributed by atoms with Gasteiger partial charge in [-0.15, -0.1) is 0 Å². The first-order valence-electron chi connectivity index (χ1n) is 12.6. The van der Waals surface area contributed by atoms with E-state index in [9.17, 15) is 0 Å². The van der Waals surface area contributed by atoms with Crippen LogP contribution in [-0.4, -0.2) is 19.9 Å². The van der Waals surface area contributed by atoms with Crippen molar-refractivity contribution in [1.82, 2.24) is 19.9 Å². The van der Waals surface area contributed by atoms with Gasteiger partial charge in [0.15, 0.2) is 0 Å². The average Bonchev–Trinajstić information content (AvgIpc) is 3.01. The fourth-order valence-corrected chi connectivity index (χ4v) is 4.82. The summed E-state index contributed by atoms with van der Waals surface area (Å²) < 4.78 is 0. The molecule has 7 rings (SSSR count). The summed E-state index contributed by atoms with van der Waals surface area (Å²) in [7, 11) is 0. The van der Waals surface area contributed by atoms with Gasteiger partial charge in [0.1, 0.15) is 11.0 Å². The third kappa shape index (κ3) is 3.89. The van der Waals surface area contributed by atoms with E-state index in [0.717, 1.165) is 67.1 Å². The maximum absolute atomic E-state index is 5.22. The van der Waals surface area contributed by atoms with E-state index in [1.54, 1.807) is 0 Å². The van der Waals surface area contributed by atoms with Crippen LogP contribution in [-0.2, 0) is 0 Å². The Labute approximate surface area is 220 Å². The number of hydrogen-bond donors (Lipinski definition) is 0. The van der Waals surface area contributed by atoms with Gasteiger partial charge < -0.3 is 0 Å². The molecule has 2 heterocycles. The van der Waals surface area contributed by atoms with Gasteiger partial charge in [-0.1, -0.05) is 121 Å². The molecule has 0 saturated heterocycles. The van der Waals surface area contributed by atoms with Crippen LogP contribution in [0.15, 0.2) is 133 Å². The zero-order chi connectivity index (χ0) is 25.3. The van der Waals surface area contributed by atoms with Crippen molar-refractivity contribution in [3.63, 3.8) is 0 Å². The maximum atomic E-state index is 5.22. The summed E-state index contributed by atoms with van der Waals surface area (Å²) in [6.07, 6.45) is 0. The van der Waals surface area contributed by atoms with E-state index in [2.05, 4.69) is 48.5 Å². The van der Waals surface area contributed by atoms with Crippen LogP contribution < -0.4 is 0 Å². The molecule has 0 N–H and O–H groups in total. The van der Waals surface area contributed by atoms with Gasteiger partial charge in [0.2, 0.25) is 0 Å². The van der Waals surface area contributed by atoms with Gasteiger partial charge in [-0.25, -0.2) is 19.9 Å². The first-order valence-corrected chi connectivity index (χ1v) is 12.6. The predicted octanol–water partition coefficient (Wildman–Crippen LogP) is 8.24. The third-order valence-electron chi connectivity index (χ3n) is 6.66. The summed E-state index contributed by atoms with van der Waals surface area (Å²) in [5.41, 5.74) is 10.5. The Morgan fingerprint density at radius 2 is 0.526 bits per heavy atom. The number of benzene rings is 5. The van der Waals surface area contributed by atoms with Crippen molar-refractivity contribution < 1.29 is 0 Å². The molecule has 178 valence electrons. The van der Waals surface area contributed by atoms with Crippen molar-refractivity contribution in [3.8, 4) is 45.0 Å². The monoisotopic (exact) mass is 486 g/mol. The van der Waals surface area contributed by atoms with Crippen molar-refractivity contribution in [2.75, 3.05) is 0 Å². The molecule has 0 saturated carbocycles. The van der Waals surface area contributed by atoms with Crippen molar-refractivity contribution in [2.45, 2.75) is 0 Å². The molecule has 0 unspecified atom stereocenters. The molecule has 0 atom stereocenters. The fourth-order valence-electron chi connectivity index (χ4n) is 4.82. The maximum Gasteiger partial charge on any atom is 0.117 e. The summed E-state index contributed by atoms with van der Waals surface area (Å²) in [5, 5.41) is 0. The third-order valence-corrected chi connectivity index (χ3v) is 6.66. The zero-order valence-corrected chi connectivity index (χ0v) is 20.5. The van der Waals surface area contributed by atoms with Crippen LogP contribution in [0.25, 0.3) is 67.1 Å². The molecule has 0 radical (unpaired) electrons. The van der Waals surface area contributed by atoms with E-state index in [4.69, 9.17) is 19.9 Å². The summed E-state index contributed by atoms with van der Waals surface area (Å²) in [6, 6.07) is 44.8. The lowest BCUT2D eigenvalue weighted by Gasteiger charge is -2.14. The molecule has 38 heavy (non-hydrogen) atoms. The predicted molar refractivity (Wildman–Crippen MR) is 154 cm³/mol. The van der Waals surface area contributed by atoms with Crippen molar-refractivity contribution in [3.05, 3.63) is 133 Å². The molecular formula is C34H22N4. The average molecular weight is 487 g/mol. The largest absolute Gasteiger partial charge is 0.244 e. The Balaban J connectivity index is 1.56. The second-order valence-electron chi connectivity index (χ2n) is 9.11. The molecule has 5 aromatic carbocycles. The molecule has 0 spiro atoms. The van der Waals surface area contributed by atoms with Gasteiger partial charge in [0.05, 0.1) is 33.8 Å². The smallest absolute Gasteiger partial charge is 0.117 e. The second-order valence-corrected chi connectivity index (χ2v) is 9.11. The fraction of sp³-hybridized carbons (Fsp3) is 0. The molecule has 4 heteroatoms. The van der Waals surface area contributed by atoms with E-state index >= 15 is 0 Å². The van der Waals surface area contributed by atoms with Gasteiger partial charge in [0, 0.05) is 22.3 Å². The lowest BCUT2D eigenvalue weighted by Crippen LogP contribution is -2.00. The number of rotatable bonds is 4. The van der Waals surface area contributed by atoms with Crippen LogP contribution in [0.4, 0.5) is 0 Å². The van der Waals surface area contributed by atoms with Crippen LogP contribution in [0.2, 0.25) is 0 Å². The van der Waals surface area contributed by atoms with Gasteiger partial charge in [-0.05, 0) is 12.1 Å². The van der Waals surface area contributed by atoms with Gasteiger partial charge in [-0.2, -0.15) is 0 Å². The lowest BCUT2D eigenvalue weighted by molar-refractivity contribution is 1.26. The molecular weight excluding hydrogens is 464 g/mol. The van der Waals surface area contributed by atoms with E-state index < -0.39 is 0 Å². The number of fused-ring (bicyclic) bond motifs is 3. The molecule has 0 fully saturated rings. The molecule has 2 aromatic heterocycles. The van der Waals surface area contributed by atoms with Crippen LogP contribution in [0.3, 0.4) is 0 Å².